The third-order valence-corrected chi connectivity index (χ3v) is 5.44. The molecular formula is C18H23ClN4O. The average Bonchev–Trinajstić information content (AvgIpc) is 3.33. The van der Waals surface area contributed by atoms with Crippen LogP contribution in [0.1, 0.15) is 49.0 Å². The van der Waals surface area contributed by atoms with Gasteiger partial charge in [0.05, 0.1) is 7.11 Å². The molecule has 4 rings (SSSR count). The van der Waals surface area contributed by atoms with E-state index < -0.39 is 0 Å². The summed E-state index contributed by atoms with van der Waals surface area (Å²) in [5.41, 5.74) is 1.07. The predicted octanol–water partition coefficient (Wildman–Crippen LogP) is 3.65. The molecule has 1 aliphatic carbocycles. The molecule has 2 heterocycles. The zero-order valence-corrected chi connectivity index (χ0v) is 14.7. The lowest BCUT2D eigenvalue weighted by Crippen LogP contribution is -2.35. The number of methoxy groups -OCH3 is 1. The van der Waals surface area contributed by atoms with Crippen molar-refractivity contribution >= 4 is 11.6 Å². The molecule has 1 aromatic heterocycles. The molecule has 2 fully saturated rings. The zero-order valence-electron chi connectivity index (χ0n) is 14.0. The molecule has 2 aromatic rings. The van der Waals surface area contributed by atoms with Crippen molar-refractivity contribution in [2.45, 2.75) is 44.2 Å². The van der Waals surface area contributed by atoms with E-state index in [1.165, 1.54) is 25.7 Å². The van der Waals surface area contributed by atoms with Gasteiger partial charge in [-0.15, -0.1) is 10.2 Å². The molecule has 1 saturated heterocycles. The Morgan fingerprint density at radius 2 is 2.17 bits per heavy atom. The molecule has 1 saturated carbocycles. The lowest BCUT2D eigenvalue weighted by molar-refractivity contribution is 0.192. The monoisotopic (exact) mass is 346 g/mol. The zero-order chi connectivity index (χ0) is 16.5. The van der Waals surface area contributed by atoms with Gasteiger partial charge in [0.15, 0.2) is 0 Å². The van der Waals surface area contributed by atoms with Crippen LogP contribution in [-0.2, 0) is 6.54 Å². The first kappa shape index (κ1) is 15.9. The molecule has 5 nitrogen and oxygen atoms in total. The largest absolute Gasteiger partial charge is 0.496 e. The summed E-state index contributed by atoms with van der Waals surface area (Å²) in [6.45, 7) is 2.90. The molecule has 0 radical (unpaired) electrons. The van der Waals surface area contributed by atoms with Gasteiger partial charge in [-0.2, -0.15) is 0 Å². The smallest absolute Gasteiger partial charge is 0.137 e. The van der Waals surface area contributed by atoms with Crippen LogP contribution in [0.2, 0.25) is 5.02 Å². The summed E-state index contributed by atoms with van der Waals surface area (Å²) in [6.07, 6.45) is 6.79. The molecule has 0 unspecified atom stereocenters. The quantitative estimate of drug-likeness (QED) is 0.828. The van der Waals surface area contributed by atoms with Crippen molar-refractivity contribution in [3.8, 4) is 5.75 Å². The van der Waals surface area contributed by atoms with Gasteiger partial charge in [0.25, 0.3) is 0 Å². The first-order chi connectivity index (χ1) is 11.8. The summed E-state index contributed by atoms with van der Waals surface area (Å²) in [5.74, 6) is 2.48. The number of rotatable bonds is 5. The average molecular weight is 347 g/mol. The van der Waals surface area contributed by atoms with Crippen molar-refractivity contribution in [1.29, 1.82) is 0 Å². The van der Waals surface area contributed by atoms with E-state index in [0.29, 0.717) is 12.0 Å². The Bertz CT molecular complexity index is 713. The SMILES string of the molecule is COc1cccc(Cl)c1CN1CCC[C@H](c2nncn2C2CC2)C1. The summed E-state index contributed by atoms with van der Waals surface area (Å²) < 4.78 is 7.78. The van der Waals surface area contributed by atoms with E-state index >= 15 is 0 Å². The van der Waals surface area contributed by atoms with Crippen LogP contribution in [0, 0.1) is 0 Å². The Kier molecular flexibility index (Phi) is 4.46. The first-order valence-electron chi connectivity index (χ1n) is 8.69. The Balaban J connectivity index is 1.50. The van der Waals surface area contributed by atoms with Crippen molar-refractivity contribution in [3.63, 3.8) is 0 Å². The lowest BCUT2D eigenvalue weighted by Gasteiger charge is -2.32. The molecule has 0 bridgehead atoms. The van der Waals surface area contributed by atoms with Crippen molar-refractivity contribution in [3.05, 3.63) is 40.9 Å². The van der Waals surface area contributed by atoms with Crippen LogP contribution in [0.3, 0.4) is 0 Å². The van der Waals surface area contributed by atoms with Crippen LogP contribution >= 0.6 is 11.6 Å². The second kappa shape index (κ2) is 6.73. The van der Waals surface area contributed by atoms with Gasteiger partial charge < -0.3 is 9.30 Å². The van der Waals surface area contributed by atoms with E-state index in [1.54, 1.807) is 7.11 Å². The number of aromatic nitrogens is 3. The fourth-order valence-electron chi connectivity index (χ4n) is 3.69. The maximum absolute atomic E-state index is 6.41. The van der Waals surface area contributed by atoms with Crippen LogP contribution in [-0.4, -0.2) is 39.9 Å². The van der Waals surface area contributed by atoms with Crippen LogP contribution in [0.4, 0.5) is 0 Å². The standard InChI is InChI=1S/C18H23ClN4O/c1-24-17-6-2-5-16(19)15(17)11-22-9-3-4-13(10-22)18-21-20-12-23(18)14-7-8-14/h2,5-6,12-14H,3-4,7-11H2,1H3/t13-/m0/s1. The Labute approximate surface area is 147 Å². The molecule has 24 heavy (non-hydrogen) atoms. The maximum Gasteiger partial charge on any atom is 0.137 e. The van der Waals surface area contributed by atoms with Gasteiger partial charge in [0, 0.05) is 35.6 Å². The van der Waals surface area contributed by atoms with Gasteiger partial charge in [-0.05, 0) is 44.4 Å². The molecule has 0 N–H and O–H groups in total. The summed E-state index contributed by atoms with van der Waals surface area (Å²) >= 11 is 6.41. The van der Waals surface area contributed by atoms with Gasteiger partial charge in [-0.25, -0.2) is 0 Å². The van der Waals surface area contributed by atoms with E-state index in [1.807, 2.05) is 24.5 Å². The van der Waals surface area contributed by atoms with Crippen LogP contribution < -0.4 is 4.74 Å². The summed E-state index contributed by atoms with van der Waals surface area (Å²) in [4.78, 5) is 2.46. The number of hydrogen-bond acceptors (Lipinski definition) is 4. The van der Waals surface area contributed by atoms with E-state index in [9.17, 15) is 0 Å². The molecular weight excluding hydrogens is 324 g/mol. The minimum Gasteiger partial charge on any atom is -0.496 e. The highest BCUT2D eigenvalue weighted by Gasteiger charge is 2.31. The van der Waals surface area contributed by atoms with Gasteiger partial charge in [0.2, 0.25) is 0 Å². The number of ether oxygens (including phenoxy) is 1. The van der Waals surface area contributed by atoms with Crippen molar-refractivity contribution in [2.75, 3.05) is 20.2 Å². The lowest BCUT2D eigenvalue weighted by atomic mass is 9.96. The molecule has 1 aromatic carbocycles. The Morgan fingerprint density at radius 1 is 1.29 bits per heavy atom. The number of halogens is 1. The van der Waals surface area contributed by atoms with E-state index in [-0.39, 0.29) is 0 Å². The fourth-order valence-corrected chi connectivity index (χ4v) is 3.92. The van der Waals surface area contributed by atoms with Gasteiger partial charge in [-0.1, -0.05) is 17.7 Å². The second-order valence-corrected chi connectivity index (χ2v) is 7.23. The highest BCUT2D eigenvalue weighted by Crippen LogP contribution is 2.38. The maximum atomic E-state index is 6.41. The van der Waals surface area contributed by atoms with Crippen molar-refractivity contribution < 1.29 is 4.74 Å². The third-order valence-electron chi connectivity index (χ3n) is 5.09. The minimum absolute atomic E-state index is 0.454. The Morgan fingerprint density at radius 3 is 2.96 bits per heavy atom. The third kappa shape index (κ3) is 3.15. The normalized spacial score (nSPS) is 21.8. The molecule has 1 aliphatic heterocycles. The molecule has 128 valence electrons. The topological polar surface area (TPSA) is 43.2 Å². The highest BCUT2D eigenvalue weighted by molar-refractivity contribution is 6.31. The van der Waals surface area contributed by atoms with Crippen molar-refractivity contribution in [1.82, 2.24) is 19.7 Å². The molecule has 1 atom stereocenters. The predicted molar refractivity (Wildman–Crippen MR) is 93.5 cm³/mol. The van der Waals surface area contributed by atoms with Crippen LogP contribution in [0.15, 0.2) is 24.5 Å². The van der Waals surface area contributed by atoms with E-state index in [0.717, 1.165) is 41.8 Å². The van der Waals surface area contributed by atoms with Crippen LogP contribution in [0.25, 0.3) is 0 Å². The first-order valence-corrected chi connectivity index (χ1v) is 9.07. The van der Waals surface area contributed by atoms with Gasteiger partial charge in [-0.3, -0.25) is 4.90 Å². The number of benzene rings is 1. The molecule has 6 heteroatoms. The number of nitrogens with zero attached hydrogens (tertiary/aromatic N) is 4. The highest BCUT2D eigenvalue weighted by atomic mass is 35.5. The Hall–Kier alpha value is -1.59. The number of likely N-dealkylation sites (tertiary alicyclic amines) is 1. The molecule has 0 amide bonds. The number of hydrogen-bond donors (Lipinski definition) is 0. The fraction of sp³-hybridized carbons (Fsp3) is 0.556. The second-order valence-electron chi connectivity index (χ2n) is 6.82. The molecule has 2 aliphatic rings. The van der Waals surface area contributed by atoms with Gasteiger partial charge >= 0.3 is 0 Å². The van der Waals surface area contributed by atoms with E-state index in [4.69, 9.17) is 16.3 Å². The summed E-state index contributed by atoms with van der Waals surface area (Å²) in [7, 11) is 1.70. The van der Waals surface area contributed by atoms with Crippen molar-refractivity contribution in [2.24, 2.45) is 0 Å². The minimum atomic E-state index is 0.454. The number of piperidine rings is 1. The summed E-state index contributed by atoms with van der Waals surface area (Å²) in [5, 5.41) is 9.37. The van der Waals surface area contributed by atoms with E-state index in [2.05, 4.69) is 19.7 Å². The van der Waals surface area contributed by atoms with Crippen LogP contribution in [0.5, 0.6) is 5.75 Å². The summed E-state index contributed by atoms with van der Waals surface area (Å²) in [6, 6.07) is 6.48. The van der Waals surface area contributed by atoms with Gasteiger partial charge in [0.1, 0.15) is 17.9 Å². The molecule has 0 spiro atoms.